The molecule has 7 heteroatoms. The SMILES string of the molecule is CC(CCCc1ccccc1)CC1C#CC2CCCCC23CC#CC2(C)CC(OC3=O)C3C(C)(C4CCC56CCC7CC8(c9ccccc9)CCCCC8c8ccc9cccc(c9c8C75)C6C4)CCC(O)C3(C1O)C2(O)CCC1=CC(=O)OC1. The van der Waals surface area contributed by atoms with Crippen molar-refractivity contribution in [3.05, 3.63) is 130 Å². The smallest absolute Gasteiger partial charge is 0.331 e. The Kier molecular flexibility index (Phi) is 13.5. The minimum Gasteiger partial charge on any atom is -0.461 e. The second-order valence-corrected chi connectivity index (χ2v) is 30.3. The third kappa shape index (κ3) is 7.94. The molecular formula is C77H90O7. The number of carbonyl (C=O) groups excluding carboxylic acids is 2. The molecule has 0 aromatic heterocycles. The number of benzene rings is 4. The molecule has 0 saturated heterocycles. The standard InChI is InChI=1S/C77H90O7/c1-49(17-14-20-50-18-6-4-7-19-50)43-53-27-29-56-24-10-12-36-73(56)38-16-35-71(2)47-62(84-70(73)81)68-72(3,39-34-63(78)77(68,69(53)80)76(71,82)42-31-51-44-64(79)83-48-51)57-33-41-74-40-32-54-46-75(55-22-8-5-9-23-55)37-13-11-26-60(75)59-30-28-52-21-15-25-58(61(74)45-57)65(52)66(59)67(54)74/h4-9,15,18-19,21-23,25,28,30,44,49,53-54,56-57,60-63,67-69,78,80,82H,10-14,17,20,24,26,31-34,36-43,45-48H2,1-3H3. The van der Waals surface area contributed by atoms with Crippen molar-refractivity contribution in [1.29, 1.82) is 0 Å². The highest BCUT2D eigenvalue weighted by Gasteiger charge is 2.79. The Bertz CT molecular complexity index is 3420. The maximum Gasteiger partial charge on any atom is 0.331 e. The third-order valence-corrected chi connectivity index (χ3v) is 26.7. The number of ether oxygens (including phenoxy) is 2. The number of rotatable bonds is 11. The Morgan fingerprint density at radius 2 is 1.54 bits per heavy atom. The van der Waals surface area contributed by atoms with E-state index in [1.807, 2.05) is 6.92 Å². The summed E-state index contributed by atoms with van der Waals surface area (Å²) in [5, 5.41) is 46.4. The van der Waals surface area contributed by atoms with E-state index in [0.29, 0.717) is 55.8 Å². The molecule has 8 aliphatic carbocycles. The summed E-state index contributed by atoms with van der Waals surface area (Å²) in [6.07, 6.45) is 18.9. The molecule has 3 aliphatic heterocycles. The van der Waals surface area contributed by atoms with Crippen LogP contribution in [-0.2, 0) is 30.9 Å². The van der Waals surface area contributed by atoms with Gasteiger partial charge in [-0.3, -0.25) is 4.79 Å². The molecule has 4 bridgehead atoms. The van der Waals surface area contributed by atoms with Crippen molar-refractivity contribution in [2.75, 3.05) is 6.61 Å². The lowest BCUT2D eigenvalue weighted by Crippen LogP contribution is -2.80. The third-order valence-electron chi connectivity index (χ3n) is 26.7. The van der Waals surface area contributed by atoms with Crippen molar-refractivity contribution in [3.63, 3.8) is 0 Å². The second kappa shape index (κ2) is 20.5. The lowest BCUT2D eigenvalue weighted by atomic mass is 9.34. The van der Waals surface area contributed by atoms with E-state index in [1.165, 1.54) is 66.8 Å². The molecule has 3 N–H and O–H groups in total. The lowest BCUT2D eigenvalue weighted by Gasteiger charge is -2.72. The van der Waals surface area contributed by atoms with E-state index in [9.17, 15) is 15.0 Å². The van der Waals surface area contributed by atoms with Crippen molar-refractivity contribution < 1.29 is 34.4 Å². The zero-order valence-corrected chi connectivity index (χ0v) is 50.3. The molecule has 15 rings (SSSR count). The second-order valence-electron chi connectivity index (χ2n) is 30.3. The normalized spacial score (nSPS) is 42.5. The average molecular weight is 1130 g/mol. The van der Waals surface area contributed by atoms with Gasteiger partial charge in [0.15, 0.2) is 0 Å². The van der Waals surface area contributed by atoms with Crippen LogP contribution in [0.5, 0.6) is 0 Å². The number of hydrogen-bond donors (Lipinski definition) is 3. The quantitative estimate of drug-likeness (QED) is 0.101. The first-order valence-corrected chi connectivity index (χ1v) is 33.5. The Balaban J connectivity index is 0.887. The van der Waals surface area contributed by atoms with Gasteiger partial charge in [0.2, 0.25) is 0 Å². The van der Waals surface area contributed by atoms with Gasteiger partial charge in [-0.1, -0.05) is 155 Å². The topological polar surface area (TPSA) is 113 Å². The van der Waals surface area contributed by atoms with Crippen LogP contribution in [-0.4, -0.2) is 57.8 Å². The van der Waals surface area contributed by atoms with Crippen molar-refractivity contribution >= 4 is 22.7 Å². The Labute approximate surface area is 499 Å². The van der Waals surface area contributed by atoms with E-state index < -0.39 is 57.4 Å². The summed E-state index contributed by atoms with van der Waals surface area (Å²) in [4.78, 5) is 28.7. The molecule has 0 radical (unpaired) electrons. The summed E-state index contributed by atoms with van der Waals surface area (Å²) in [6, 6.07) is 34.6. The highest BCUT2D eigenvalue weighted by Crippen LogP contribution is 2.78. The maximum absolute atomic E-state index is 16.0. The van der Waals surface area contributed by atoms with Gasteiger partial charge in [-0.2, -0.15) is 0 Å². The van der Waals surface area contributed by atoms with Gasteiger partial charge < -0.3 is 24.8 Å². The number of aryl methyl sites for hydroxylation is 1. The summed E-state index contributed by atoms with van der Waals surface area (Å²) < 4.78 is 13.0. The molecule has 6 fully saturated rings. The molecule has 7 nitrogen and oxygen atoms in total. The van der Waals surface area contributed by atoms with Crippen LogP contribution >= 0.6 is 0 Å². The fourth-order valence-electron chi connectivity index (χ4n) is 23.0. The number of cyclic esters (lactones) is 1. The maximum atomic E-state index is 16.0. The molecular weight excluding hydrogens is 1040 g/mol. The number of carbonyl (C=O) groups is 2. The van der Waals surface area contributed by atoms with E-state index >= 15 is 9.90 Å². The van der Waals surface area contributed by atoms with Crippen molar-refractivity contribution in [2.24, 2.45) is 62.6 Å². The van der Waals surface area contributed by atoms with Gasteiger partial charge in [0.05, 0.1) is 34.1 Å². The van der Waals surface area contributed by atoms with E-state index in [0.717, 1.165) is 63.4 Å². The molecule has 11 aliphatic rings. The number of hydrogen-bond acceptors (Lipinski definition) is 7. The molecule has 6 saturated carbocycles. The fourth-order valence-corrected chi connectivity index (χ4v) is 23.0. The first-order valence-electron chi connectivity index (χ1n) is 33.5. The molecule has 19 atom stereocenters. The number of esters is 2. The Hall–Kier alpha value is -5.18. The summed E-state index contributed by atoms with van der Waals surface area (Å²) in [5.41, 5.74) is 2.45. The number of aliphatic hydroxyl groups excluding tert-OH is 2. The highest BCUT2D eigenvalue weighted by molar-refractivity contribution is 5.93. The van der Waals surface area contributed by atoms with E-state index in [4.69, 9.17) is 9.47 Å². The van der Waals surface area contributed by atoms with Crippen molar-refractivity contribution in [2.45, 2.75) is 222 Å². The van der Waals surface area contributed by atoms with Gasteiger partial charge >= 0.3 is 11.9 Å². The van der Waals surface area contributed by atoms with Gasteiger partial charge in [-0.25, -0.2) is 4.79 Å². The van der Waals surface area contributed by atoms with E-state index in [2.05, 4.69) is 129 Å². The largest absolute Gasteiger partial charge is 0.461 e. The molecule has 440 valence electrons. The zero-order chi connectivity index (χ0) is 57.4. The van der Waals surface area contributed by atoms with Crippen LogP contribution < -0.4 is 0 Å². The minimum absolute atomic E-state index is 0.0874. The Morgan fingerprint density at radius 1 is 0.750 bits per heavy atom. The van der Waals surface area contributed by atoms with Crippen molar-refractivity contribution in [3.8, 4) is 23.7 Å². The summed E-state index contributed by atoms with van der Waals surface area (Å²) in [7, 11) is 0. The van der Waals surface area contributed by atoms with Gasteiger partial charge in [-0.15, -0.1) is 5.92 Å². The summed E-state index contributed by atoms with van der Waals surface area (Å²) in [5.74, 6) is 14.9. The van der Waals surface area contributed by atoms with Crippen LogP contribution in [0.4, 0.5) is 0 Å². The molecule has 4 aromatic rings. The van der Waals surface area contributed by atoms with Crippen LogP contribution in [0.3, 0.4) is 0 Å². The molecule has 19 unspecified atom stereocenters. The van der Waals surface area contributed by atoms with Crippen LogP contribution in [0.2, 0.25) is 0 Å². The van der Waals surface area contributed by atoms with Crippen LogP contribution in [0, 0.1) is 86.3 Å². The zero-order valence-electron chi connectivity index (χ0n) is 50.3. The predicted octanol–water partition coefficient (Wildman–Crippen LogP) is 14.9. The van der Waals surface area contributed by atoms with E-state index in [1.54, 1.807) is 22.8 Å². The predicted molar refractivity (Wildman–Crippen MR) is 328 cm³/mol. The number of aliphatic hydroxyl groups is 3. The van der Waals surface area contributed by atoms with Gasteiger partial charge in [0.1, 0.15) is 12.7 Å². The van der Waals surface area contributed by atoms with Gasteiger partial charge in [-0.05, 0) is 207 Å². The average Bonchev–Trinajstić information content (AvgIpc) is 0.967. The summed E-state index contributed by atoms with van der Waals surface area (Å²) >= 11 is 0. The molecule has 84 heavy (non-hydrogen) atoms. The fraction of sp³-hybridized carbons (Fsp3) is 0.610. The monoisotopic (exact) mass is 1130 g/mol. The van der Waals surface area contributed by atoms with Crippen molar-refractivity contribution in [1.82, 2.24) is 0 Å². The molecule has 3 heterocycles. The first kappa shape index (κ1) is 55.4. The summed E-state index contributed by atoms with van der Waals surface area (Å²) in [6.45, 7) is 6.93. The minimum atomic E-state index is -1.82. The van der Waals surface area contributed by atoms with Crippen LogP contribution in [0.1, 0.15) is 214 Å². The highest BCUT2D eigenvalue weighted by atomic mass is 16.5. The van der Waals surface area contributed by atoms with Gasteiger partial charge in [0, 0.05) is 42.1 Å². The molecule has 0 amide bonds. The van der Waals surface area contributed by atoms with Crippen LogP contribution in [0.25, 0.3) is 10.8 Å². The van der Waals surface area contributed by atoms with E-state index in [-0.39, 0.29) is 66.4 Å². The first-order chi connectivity index (χ1) is 40.7. The number of fused-ring (bicyclic) bond motifs is 5. The lowest BCUT2D eigenvalue weighted by molar-refractivity contribution is -0.343. The molecule has 4 aromatic carbocycles. The molecule has 2 spiro atoms. The van der Waals surface area contributed by atoms with Gasteiger partial charge in [0.25, 0.3) is 0 Å². The van der Waals surface area contributed by atoms with Crippen LogP contribution in [0.15, 0.2) is 103 Å². The Morgan fingerprint density at radius 3 is 2.35 bits per heavy atom.